The maximum absolute atomic E-state index is 10.8. The van der Waals surface area contributed by atoms with Gasteiger partial charge in [0.05, 0.1) is 17.6 Å². The molecule has 0 saturated heterocycles. The molecule has 1 saturated carbocycles. The fourth-order valence-corrected chi connectivity index (χ4v) is 2.12. The van der Waals surface area contributed by atoms with Gasteiger partial charge in [0, 0.05) is 18.9 Å². The maximum Gasteiger partial charge on any atom is 0.289 e. The smallest absolute Gasteiger partial charge is 0.289 e. The zero-order valence-corrected chi connectivity index (χ0v) is 10.8. The molecule has 1 aliphatic carbocycles. The van der Waals surface area contributed by atoms with Crippen molar-refractivity contribution in [2.45, 2.75) is 18.9 Å². The van der Waals surface area contributed by atoms with Gasteiger partial charge in [-0.05, 0) is 30.9 Å². The average Bonchev–Trinajstić information content (AvgIpc) is 3.14. The second-order valence-corrected chi connectivity index (χ2v) is 4.87. The van der Waals surface area contributed by atoms with Crippen molar-refractivity contribution in [2.24, 2.45) is 5.92 Å². The van der Waals surface area contributed by atoms with Crippen molar-refractivity contribution in [2.75, 3.05) is 19.0 Å². The molecule has 5 nitrogen and oxygen atoms in total. The molecule has 0 heterocycles. The van der Waals surface area contributed by atoms with Crippen LogP contribution in [0, 0.1) is 16.0 Å². The second-order valence-electron chi connectivity index (χ2n) is 4.47. The van der Waals surface area contributed by atoms with E-state index in [0.29, 0.717) is 18.2 Å². The second kappa shape index (κ2) is 5.54. The molecule has 0 amide bonds. The van der Waals surface area contributed by atoms with Gasteiger partial charge in [-0.3, -0.25) is 10.1 Å². The van der Waals surface area contributed by atoms with Crippen molar-refractivity contribution in [1.29, 1.82) is 0 Å². The number of nitrogens with zero attached hydrogens (tertiary/aromatic N) is 1. The summed E-state index contributed by atoms with van der Waals surface area (Å²) in [6.07, 6.45) is 2.35. The quantitative estimate of drug-likeness (QED) is 0.637. The van der Waals surface area contributed by atoms with E-state index in [0.717, 1.165) is 0 Å². The number of hydrogen-bond donors (Lipinski definition) is 1. The Hall–Kier alpha value is -1.33. The summed E-state index contributed by atoms with van der Waals surface area (Å²) in [5.41, 5.74) is 0.633. The van der Waals surface area contributed by atoms with E-state index in [1.54, 1.807) is 19.2 Å². The molecule has 98 valence electrons. The lowest BCUT2D eigenvalue weighted by atomic mass is 10.2. The molecule has 0 spiro atoms. The first kappa shape index (κ1) is 13.1. The highest BCUT2D eigenvalue weighted by molar-refractivity contribution is 6.32. The minimum atomic E-state index is -0.476. The van der Waals surface area contributed by atoms with E-state index in [1.807, 2.05) is 0 Å². The molecular weight excluding hydrogens is 256 g/mol. The summed E-state index contributed by atoms with van der Waals surface area (Å²) in [6, 6.07) is 4.96. The number of halogens is 1. The van der Waals surface area contributed by atoms with Gasteiger partial charge >= 0.3 is 0 Å². The molecule has 18 heavy (non-hydrogen) atoms. The average molecular weight is 271 g/mol. The molecule has 1 unspecified atom stereocenters. The number of hydrogen-bond acceptors (Lipinski definition) is 4. The summed E-state index contributed by atoms with van der Waals surface area (Å²) in [4.78, 5) is 10.3. The van der Waals surface area contributed by atoms with Crippen molar-refractivity contribution in [3.63, 3.8) is 0 Å². The van der Waals surface area contributed by atoms with Gasteiger partial charge in [-0.2, -0.15) is 0 Å². The van der Waals surface area contributed by atoms with Crippen LogP contribution in [-0.4, -0.2) is 24.7 Å². The topological polar surface area (TPSA) is 64.4 Å². The maximum atomic E-state index is 10.8. The van der Waals surface area contributed by atoms with Crippen LogP contribution in [0.5, 0.6) is 0 Å². The highest BCUT2D eigenvalue weighted by Crippen LogP contribution is 2.35. The normalized spacial score (nSPS) is 16.3. The monoisotopic (exact) mass is 270 g/mol. The molecule has 0 radical (unpaired) electrons. The number of nitro benzene ring substituents is 1. The largest absolute Gasteiger partial charge is 0.383 e. The van der Waals surface area contributed by atoms with Crippen molar-refractivity contribution in [3.05, 3.63) is 33.3 Å². The van der Waals surface area contributed by atoms with Gasteiger partial charge in [0.2, 0.25) is 0 Å². The number of nitrogens with one attached hydrogen (secondary N) is 1. The first-order valence-electron chi connectivity index (χ1n) is 5.81. The fourth-order valence-electron chi connectivity index (χ4n) is 1.93. The van der Waals surface area contributed by atoms with E-state index in [-0.39, 0.29) is 16.8 Å². The third kappa shape index (κ3) is 3.11. The lowest BCUT2D eigenvalue weighted by Crippen LogP contribution is -2.27. The van der Waals surface area contributed by atoms with E-state index in [9.17, 15) is 10.1 Å². The molecule has 1 aromatic carbocycles. The molecule has 1 aromatic rings. The van der Waals surface area contributed by atoms with Crippen molar-refractivity contribution in [3.8, 4) is 0 Å². The van der Waals surface area contributed by atoms with Crippen LogP contribution < -0.4 is 5.32 Å². The molecular formula is C12H15ClN2O3. The molecule has 2 rings (SSSR count). The Morgan fingerprint density at radius 3 is 2.89 bits per heavy atom. The minimum Gasteiger partial charge on any atom is -0.383 e. The Morgan fingerprint density at radius 2 is 2.33 bits per heavy atom. The van der Waals surface area contributed by atoms with Crippen molar-refractivity contribution < 1.29 is 9.66 Å². The molecule has 1 fully saturated rings. The van der Waals surface area contributed by atoms with Crippen LogP contribution in [0.25, 0.3) is 0 Å². The standard InChI is InChI=1S/C12H15ClN2O3/c1-18-7-11(8-2-3-8)14-9-4-5-10(13)12(6-9)15(16)17/h4-6,8,11,14H,2-3,7H2,1H3. The molecule has 0 bridgehead atoms. The third-order valence-electron chi connectivity index (χ3n) is 3.03. The Labute approximate surface area is 110 Å². The highest BCUT2D eigenvalue weighted by Gasteiger charge is 2.31. The van der Waals surface area contributed by atoms with Crippen molar-refractivity contribution >= 4 is 23.0 Å². The first-order valence-corrected chi connectivity index (χ1v) is 6.19. The van der Waals surface area contributed by atoms with Gasteiger partial charge in [0.15, 0.2) is 0 Å². The van der Waals surface area contributed by atoms with Gasteiger partial charge in [0.1, 0.15) is 5.02 Å². The Bertz CT molecular complexity index is 449. The van der Waals surface area contributed by atoms with Gasteiger partial charge < -0.3 is 10.1 Å². The van der Waals surface area contributed by atoms with E-state index in [1.165, 1.54) is 18.9 Å². The Morgan fingerprint density at radius 1 is 1.61 bits per heavy atom. The van der Waals surface area contributed by atoms with Crippen LogP contribution in [-0.2, 0) is 4.74 Å². The van der Waals surface area contributed by atoms with E-state index in [2.05, 4.69) is 5.32 Å². The van der Waals surface area contributed by atoms with Crippen LogP contribution in [0.2, 0.25) is 5.02 Å². The fraction of sp³-hybridized carbons (Fsp3) is 0.500. The lowest BCUT2D eigenvalue weighted by molar-refractivity contribution is -0.384. The molecule has 6 heteroatoms. The predicted molar refractivity (Wildman–Crippen MR) is 70.1 cm³/mol. The molecule has 1 N–H and O–H groups in total. The summed E-state index contributed by atoms with van der Waals surface area (Å²) in [5, 5.41) is 14.2. The van der Waals surface area contributed by atoms with Crippen LogP contribution in [0.4, 0.5) is 11.4 Å². The summed E-state index contributed by atoms with van der Waals surface area (Å²) >= 11 is 5.77. The number of ether oxygens (including phenoxy) is 1. The van der Waals surface area contributed by atoms with Crippen LogP contribution >= 0.6 is 11.6 Å². The first-order chi connectivity index (χ1) is 8.61. The summed E-state index contributed by atoms with van der Waals surface area (Å²) in [5.74, 6) is 0.597. The van der Waals surface area contributed by atoms with Gasteiger partial charge in [0.25, 0.3) is 5.69 Å². The zero-order valence-electron chi connectivity index (χ0n) is 10.1. The van der Waals surface area contributed by atoms with E-state index in [4.69, 9.17) is 16.3 Å². The zero-order chi connectivity index (χ0) is 13.1. The van der Waals surface area contributed by atoms with Crippen molar-refractivity contribution in [1.82, 2.24) is 0 Å². The number of methoxy groups -OCH3 is 1. The van der Waals surface area contributed by atoms with Gasteiger partial charge in [-0.15, -0.1) is 0 Å². The predicted octanol–water partition coefficient (Wildman–Crippen LogP) is 3.09. The molecule has 0 aliphatic heterocycles. The number of anilines is 1. The third-order valence-corrected chi connectivity index (χ3v) is 3.35. The summed E-state index contributed by atoms with van der Waals surface area (Å²) < 4.78 is 5.16. The lowest BCUT2D eigenvalue weighted by Gasteiger charge is -2.18. The number of rotatable bonds is 6. The highest BCUT2D eigenvalue weighted by atomic mass is 35.5. The van der Waals surface area contributed by atoms with E-state index < -0.39 is 4.92 Å². The molecule has 0 aromatic heterocycles. The van der Waals surface area contributed by atoms with Gasteiger partial charge in [-0.25, -0.2) is 0 Å². The Balaban J connectivity index is 2.12. The Kier molecular flexibility index (Phi) is 4.04. The van der Waals surface area contributed by atoms with E-state index >= 15 is 0 Å². The summed E-state index contributed by atoms with van der Waals surface area (Å²) in [7, 11) is 1.65. The molecule has 1 aliphatic rings. The number of benzene rings is 1. The van der Waals surface area contributed by atoms with Gasteiger partial charge in [-0.1, -0.05) is 11.6 Å². The van der Waals surface area contributed by atoms with Crippen LogP contribution in [0.3, 0.4) is 0 Å². The van der Waals surface area contributed by atoms with Crippen LogP contribution in [0.1, 0.15) is 12.8 Å². The minimum absolute atomic E-state index is 0.0753. The SMILES string of the molecule is COCC(Nc1ccc(Cl)c([N+](=O)[O-])c1)C1CC1. The number of nitro groups is 1. The molecule has 1 atom stereocenters. The van der Waals surface area contributed by atoms with Crippen LogP contribution in [0.15, 0.2) is 18.2 Å². The summed E-state index contributed by atoms with van der Waals surface area (Å²) in [6.45, 7) is 0.598.